The molecule has 1 amide bonds. The van der Waals surface area contributed by atoms with Crippen molar-refractivity contribution in [3.8, 4) is 22.8 Å². The number of fused-ring (bicyclic) bond motifs is 2. The van der Waals surface area contributed by atoms with Crippen molar-refractivity contribution >= 4 is 34.2 Å². The Morgan fingerprint density at radius 2 is 1.97 bits per heavy atom. The molecule has 0 saturated heterocycles. The smallest absolute Gasteiger partial charge is 0.244 e. The van der Waals surface area contributed by atoms with Gasteiger partial charge in [-0.3, -0.25) is 4.79 Å². The summed E-state index contributed by atoms with van der Waals surface area (Å²) >= 11 is 1.30. The number of nitrogens with zero attached hydrogens (tertiary/aromatic N) is 4. The molecule has 5 rings (SSSR count). The molecule has 1 aliphatic heterocycles. The molecule has 0 bridgehead atoms. The van der Waals surface area contributed by atoms with Gasteiger partial charge in [0.15, 0.2) is 11.5 Å². The summed E-state index contributed by atoms with van der Waals surface area (Å²) in [6.45, 7) is 5.02. The highest BCUT2D eigenvalue weighted by molar-refractivity contribution is 7.03. The largest absolute Gasteiger partial charge is 0.486 e. The Labute approximate surface area is 176 Å². The first-order chi connectivity index (χ1) is 14.6. The van der Waals surface area contributed by atoms with Crippen molar-refractivity contribution in [1.82, 2.24) is 19.1 Å². The summed E-state index contributed by atoms with van der Waals surface area (Å²) < 4.78 is 17.1. The van der Waals surface area contributed by atoms with E-state index in [-0.39, 0.29) is 12.5 Å². The quantitative estimate of drug-likeness (QED) is 0.542. The molecule has 3 heterocycles. The van der Waals surface area contributed by atoms with Crippen LogP contribution in [0.3, 0.4) is 0 Å². The summed E-state index contributed by atoms with van der Waals surface area (Å²) in [6, 6.07) is 9.61. The molecule has 1 N–H and O–H groups in total. The van der Waals surface area contributed by atoms with Crippen molar-refractivity contribution in [1.29, 1.82) is 0 Å². The minimum atomic E-state index is -0.135. The van der Waals surface area contributed by atoms with Crippen molar-refractivity contribution in [2.75, 3.05) is 18.5 Å². The van der Waals surface area contributed by atoms with Gasteiger partial charge in [0, 0.05) is 28.8 Å². The third-order valence-electron chi connectivity index (χ3n) is 5.07. The van der Waals surface area contributed by atoms with Crippen LogP contribution in [0.15, 0.2) is 35.7 Å². The number of nitrogens with one attached hydrogen (secondary N) is 1. The summed E-state index contributed by atoms with van der Waals surface area (Å²) in [6.07, 6.45) is 0. The molecular weight excluding hydrogens is 402 g/mol. The van der Waals surface area contributed by atoms with Crippen molar-refractivity contribution in [3.63, 3.8) is 0 Å². The number of rotatable bonds is 4. The summed E-state index contributed by atoms with van der Waals surface area (Å²) in [5.41, 5.74) is 5.05. The van der Waals surface area contributed by atoms with Crippen LogP contribution < -0.4 is 14.8 Å². The molecule has 152 valence electrons. The molecule has 30 heavy (non-hydrogen) atoms. The van der Waals surface area contributed by atoms with Gasteiger partial charge in [0.2, 0.25) is 5.91 Å². The van der Waals surface area contributed by atoms with E-state index in [0.29, 0.717) is 24.7 Å². The number of benzene rings is 2. The van der Waals surface area contributed by atoms with E-state index < -0.39 is 0 Å². The molecular formula is C21H19N5O3S. The van der Waals surface area contributed by atoms with Crippen LogP contribution >= 0.6 is 11.5 Å². The lowest BCUT2D eigenvalue weighted by atomic mass is 10.1. The van der Waals surface area contributed by atoms with Gasteiger partial charge in [0.05, 0.1) is 11.0 Å². The standard InChI is InChI=1S/C21H19N5O3S/c1-12-3-4-14(17-11-30-25-24-17)7-15(12)23-21(27)10-26-13(2)22-16-8-19-20(9-18(16)26)29-6-5-28-19/h3-4,7-9,11H,5-6,10H2,1-2H3,(H,23,27). The minimum absolute atomic E-state index is 0.135. The second-order valence-corrected chi connectivity index (χ2v) is 7.71. The third-order valence-corrected chi connectivity index (χ3v) is 5.58. The van der Waals surface area contributed by atoms with Crippen molar-refractivity contribution < 1.29 is 14.3 Å². The number of carbonyl (C=O) groups is 1. The third kappa shape index (κ3) is 3.37. The van der Waals surface area contributed by atoms with Gasteiger partial charge in [-0.2, -0.15) is 0 Å². The highest BCUT2D eigenvalue weighted by Crippen LogP contribution is 2.34. The van der Waals surface area contributed by atoms with E-state index in [1.54, 1.807) is 0 Å². The number of carbonyl (C=O) groups excluding carboxylic acids is 1. The lowest BCUT2D eigenvalue weighted by Crippen LogP contribution is -2.20. The zero-order valence-electron chi connectivity index (χ0n) is 16.5. The van der Waals surface area contributed by atoms with E-state index >= 15 is 0 Å². The lowest BCUT2D eigenvalue weighted by Gasteiger charge is -2.18. The van der Waals surface area contributed by atoms with Gasteiger partial charge in [-0.25, -0.2) is 4.98 Å². The maximum absolute atomic E-state index is 12.9. The predicted molar refractivity (Wildman–Crippen MR) is 114 cm³/mol. The van der Waals surface area contributed by atoms with E-state index in [9.17, 15) is 4.79 Å². The van der Waals surface area contributed by atoms with Gasteiger partial charge >= 0.3 is 0 Å². The SMILES string of the molecule is Cc1ccc(-c2csnn2)cc1NC(=O)Cn1c(C)nc2cc3c(cc21)OCCO3. The number of hydrogen-bond acceptors (Lipinski definition) is 7. The van der Waals surface area contributed by atoms with Crippen LogP contribution in [0, 0.1) is 13.8 Å². The summed E-state index contributed by atoms with van der Waals surface area (Å²) in [5, 5.41) is 9.00. The van der Waals surface area contributed by atoms with Gasteiger partial charge in [-0.1, -0.05) is 16.6 Å². The van der Waals surface area contributed by atoms with E-state index in [1.807, 2.05) is 54.1 Å². The fraction of sp³-hybridized carbons (Fsp3) is 0.238. The average Bonchev–Trinajstić information content (AvgIpc) is 3.37. The molecule has 0 fully saturated rings. The van der Waals surface area contributed by atoms with Gasteiger partial charge in [-0.15, -0.1) is 5.10 Å². The van der Waals surface area contributed by atoms with Crippen LogP contribution in [0.25, 0.3) is 22.3 Å². The van der Waals surface area contributed by atoms with Crippen LogP contribution in [0.5, 0.6) is 11.5 Å². The molecule has 0 unspecified atom stereocenters. The normalized spacial score (nSPS) is 12.9. The van der Waals surface area contributed by atoms with E-state index in [4.69, 9.17) is 9.47 Å². The van der Waals surface area contributed by atoms with Crippen LogP contribution in [0.1, 0.15) is 11.4 Å². The Hall–Kier alpha value is -3.46. The molecule has 9 heteroatoms. The summed E-state index contributed by atoms with van der Waals surface area (Å²) in [5.74, 6) is 1.98. The number of hydrogen-bond donors (Lipinski definition) is 1. The second kappa shape index (κ2) is 7.42. The maximum Gasteiger partial charge on any atom is 0.244 e. The van der Waals surface area contributed by atoms with Crippen LogP contribution in [0.4, 0.5) is 5.69 Å². The number of aryl methyl sites for hydroxylation is 2. The number of anilines is 1. The predicted octanol–water partition coefficient (Wildman–Crippen LogP) is 3.58. The Bertz CT molecular complexity index is 1250. The fourth-order valence-corrected chi connectivity index (χ4v) is 3.99. The molecule has 0 spiro atoms. The Morgan fingerprint density at radius 3 is 2.73 bits per heavy atom. The van der Waals surface area contributed by atoms with Crippen molar-refractivity contribution in [2.24, 2.45) is 0 Å². The molecule has 0 radical (unpaired) electrons. The monoisotopic (exact) mass is 421 g/mol. The fourth-order valence-electron chi connectivity index (χ4n) is 3.52. The molecule has 2 aromatic carbocycles. The lowest BCUT2D eigenvalue weighted by molar-refractivity contribution is -0.116. The Morgan fingerprint density at radius 1 is 1.17 bits per heavy atom. The average molecular weight is 421 g/mol. The maximum atomic E-state index is 12.9. The zero-order chi connectivity index (χ0) is 20.7. The topological polar surface area (TPSA) is 91.2 Å². The molecule has 0 saturated carbocycles. The first-order valence-electron chi connectivity index (χ1n) is 9.53. The van der Waals surface area contributed by atoms with Gasteiger partial charge < -0.3 is 19.4 Å². The minimum Gasteiger partial charge on any atom is -0.486 e. The summed E-state index contributed by atoms with van der Waals surface area (Å²) in [7, 11) is 0. The Kier molecular flexibility index (Phi) is 4.59. The highest BCUT2D eigenvalue weighted by atomic mass is 32.1. The van der Waals surface area contributed by atoms with E-state index in [1.165, 1.54) is 11.5 Å². The molecule has 4 aromatic rings. The van der Waals surface area contributed by atoms with E-state index in [2.05, 4.69) is 19.9 Å². The van der Waals surface area contributed by atoms with Crippen LogP contribution in [-0.4, -0.2) is 38.3 Å². The molecule has 1 aliphatic rings. The Balaban J connectivity index is 1.41. The first-order valence-corrected chi connectivity index (χ1v) is 10.4. The molecule has 0 aliphatic carbocycles. The zero-order valence-corrected chi connectivity index (χ0v) is 17.3. The molecule has 0 atom stereocenters. The second-order valence-electron chi connectivity index (χ2n) is 7.10. The van der Waals surface area contributed by atoms with Gasteiger partial charge in [-0.05, 0) is 37.0 Å². The molecule has 8 nitrogen and oxygen atoms in total. The van der Waals surface area contributed by atoms with Crippen LogP contribution in [0.2, 0.25) is 0 Å². The molecule has 2 aromatic heterocycles. The van der Waals surface area contributed by atoms with Gasteiger partial charge in [0.25, 0.3) is 0 Å². The highest BCUT2D eigenvalue weighted by Gasteiger charge is 2.18. The van der Waals surface area contributed by atoms with Crippen molar-refractivity contribution in [3.05, 3.63) is 47.1 Å². The van der Waals surface area contributed by atoms with Gasteiger partial charge in [0.1, 0.15) is 31.3 Å². The van der Waals surface area contributed by atoms with Crippen LogP contribution in [-0.2, 0) is 11.3 Å². The number of amides is 1. The first kappa shape index (κ1) is 18.6. The number of aromatic nitrogens is 4. The van der Waals surface area contributed by atoms with Crippen molar-refractivity contribution in [2.45, 2.75) is 20.4 Å². The van der Waals surface area contributed by atoms with E-state index in [0.717, 1.165) is 39.4 Å². The number of imidazole rings is 1. The summed E-state index contributed by atoms with van der Waals surface area (Å²) in [4.78, 5) is 17.5. The number of ether oxygens (including phenoxy) is 2.